The molecule has 0 radical (unpaired) electrons. The van der Waals surface area contributed by atoms with E-state index in [2.05, 4.69) is 10.4 Å². The predicted octanol–water partition coefficient (Wildman–Crippen LogP) is 4.62. The largest absolute Gasteiger partial charge is 0.489 e. The lowest BCUT2D eigenvalue weighted by Gasteiger charge is -2.17. The van der Waals surface area contributed by atoms with Crippen LogP contribution in [0.2, 0.25) is 0 Å². The van der Waals surface area contributed by atoms with Gasteiger partial charge in [-0.1, -0.05) is 37.3 Å². The minimum atomic E-state index is -0.957. The minimum Gasteiger partial charge on any atom is -0.489 e. The monoisotopic (exact) mass is 421 g/mol. The summed E-state index contributed by atoms with van der Waals surface area (Å²) in [6.07, 6.45) is 1.54. The van der Waals surface area contributed by atoms with Crippen LogP contribution in [0.5, 0.6) is 5.75 Å². The Labute approximate surface area is 182 Å². The smallest absolute Gasteiger partial charge is 0.338 e. The number of aromatic nitrogens is 2. The number of hydrogen-bond donors (Lipinski definition) is 1. The van der Waals surface area contributed by atoms with Crippen LogP contribution in [0.1, 0.15) is 49.2 Å². The highest BCUT2D eigenvalue weighted by atomic mass is 16.5. The van der Waals surface area contributed by atoms with Crippen molar-refractivity contribution in [2.24, 2.45) is 0 Å². The van der Waals surface area contributed by atoms with Crippen molar-refractivity contribution in [1.29, 1.82) is 0 Å². The third-order valence-electron chi connectivity index (χ3n) is 4.92. The van der Waals surface area contributed by atoms with Gasteiger partial charge >= 0.3 is 5.97 Å². The lowest BCUT2D eigenvalue weighted by atomic mass is 10.2. The van der Waals surface area contributed by atoms with E-state index in [1.54, 1.807) is 41.2 Å². The molecule has 0 aliphatic carbocycles. The lowest BCUT2D eigenvalue weighted by Crippen LogP contribution is -2.31. The Morgan fingerprint density at radius 3 is 2.42 bits per heavy atom. The molecule has 0 saturated heterocycles. The molecule has 3 aromatic rings. The number of nitrogens with zero attached hydrogens (tertiary/aromatic N) is 2. The maximum atomic E-state index is 12.5. The summed E-state index contributed by atoms with van der Waals surface area (Å²) in [5.41, 5.74) is 1.40. The van der Waals surface area contributed by atoms with Crippen molar-refractivity contribution < 1.29 is 19.1 Å². The molecule has 0 unspecified atom stereocenters. The van der Waals surface area contributed by atoms with E-state index in [9.17, 15) is 9.59 Å². The predicted molar refractivity (Wildman–Crippen MR) is 118 cm³/mol. The molecular weight excluding hydrogens is 394 g/mol. The number of esters is 1. The molecule has 162 valence electrons. The second-order valence-electron chi connectivity index (χ2n) is 7.25. The van der Waals surface area contributed by atoms with E-state index in [1.807, 2.05) is 44.2 Å². The zero-order chi connectivity index (χ0) is 22.2. The molecule has 0 aliphatic rings. The van der Waals surface area contributed by atoms with E-state index in [1.165, 1.54) is 6.92 Å². The first-order valence-corrected chi connectivity index (χ1v) is 10.3. The van der Waals surface area contributed by atoms with E-state index in [4.69, 9.17) is 9.47 Å². The Morgan fingerprint density at radius 2 is 1.74 bits per heavy atom. The molecule has 7 nitrogen and oxygen atoms in total. The highest BCUT2D eigenvalue weighted by Gasteiger charge is 2.21. The van der Waals surface area contributed by atoms with Crippen molar-refractivity contribution in [2.75, 3.05) is 5.32 Å². The highest BCUT2D eigenvalue weighted by Crippen LogP contribution is 2.18. The van der Waals surface area contributed by atoms with Crippen LogP contribution in [0.4, 0.5) is 5.82 Å². The van der Waals surface area contributed by atoms with Gasteiger partial charge in [0.15, 0.2) is 6.10 Å². The van der Waals surface area contributed by atoms with Gasteiger partial charge < -0.3 is 14.8 Å². The van der Waals surface area contributed by atoms with Crippen LogP contribution in [0.15, 0.2) is 66.9 Å². The second-order valence-corrected chi connectivity index (χ2v) is 7.25. The van der Waals surface area contributed by atoms with Crippen LogP contribution in [0.3, 0.4) is 0 Å². The van der Waals surface area contributed by atoms with Crippen LogP contribution in [0, 0.1) is 0 Å². The molecule has 0 aliphatic heterocycles. The van der Waals surface area contributed by atoms with Crippen LogP contribution < -0.4 is 10.1 Å². The zero-order valence-electron chi connectivity index (χ0n) is 17.9. The first kappa shape index (κ1) is 22.1. The zero-order valence-corrected chi connectivity index (χ0v) is 17.9. The minimum absolute atomic E-state index is 0.144. The number of carbonyl (C=O) groups is 2. The maximum Gasteiger partial charge on any atom is 0.338 e. The molecular formula is C24H27N3O4. The van der Waals surface area contributed by atoms with Crippen molar-refractivity contribution in [3.63, 3.8) is 0 Å². The van der Waals surface area contributed by atoms with Crippen molar-refractivity contribution in [2.45, 2.75) is 45.9 Å². The summed E-state index contributed by atoms with van der Waals surface area (Å²) >= 11 is 0. The molecule has 3 rings (SSSR count). The van der Waals surface area contributed by atoms with Crippen molar-refractivity contribution in [3.8, 4) is 5.75 Å². The Hall–Kier alpha value is -3.61. The van der Waals surface area contributed by atoms with Gasteiger partial charge in [-0.05, 0) is 50.1 Å². The average molecular weight is 421 g/mol. The fourth-order valence-corrected chi connectivity index (χ4v) is 2.88. The molecule has 1 N–H and O–H groups in total. The Kier molecular flexibility index (Phi) is 7.43. The fourth-order valence-electron chi connectivity index (χ4n) is 2.88. The summed E-state index contributed by atoms with van der Waals surface area (Å²) in [5, 5.41) is 7.00. The fraction of sp³-hybridized carbons (Fsp3) is 0.292. The molecule has 0 spiro atoms. The SMILES string of the molecule is CC[C@H](C)n1nccc1NC(=O)[C@H](C)OC(=O)c1ccc(OCc2ccccc2)cc1. The molecule has 1 heterocycles. The molecule has 1 amide bonds. The van der Waals surface area contributed by atoms with Gasteiger partial charge in [0, 0.05) is 6.07 Å². The maximum absolute atomic E-state index is 12.5. The van der Waals surface area contributed by atoms with Gasteiger partial charge in [0.1, 0.15) is 18.2 Å². The number of hydrogen-bond acceptors (Lipinski definition) is 5. The van der Waals surface area contributed by atoms with Crippen molar-refractivity contribution in [3.05, 3.63) is 78.0 Å². The molecule has 0 bridgehead atoms. The number of anilines is 1. The number of benzene rings is 2. The number of ether oxygens (including phenoxy) is 2. The molecule has 0 fully saturated rings. The number of nitrogens with one attached hydrogen (secondary N) is 1. The Morgan fingerprint density at radius 1 is 1.03 bits per heavy atom. The number of amides is 1. The van der Waals surface area contributed by atoms with Gasteiger partial charge in [-0.3, -0.25) is 4.79 Å². The Bertz CT molecular complexity index is 999. The van der Waals surface area contributed by atoms with E-state index >= 15 is 0 Å². The summed E-state index contributed by atoms with van der Waals surface area (Å²) in [5.74, 6) is 0.223. The van der Waals surface area contributed by atoms with Crippen LogP contribution in [0.25, 0.3) is 0 Å². The van der Waals surface area contributed by atoms with Crippen molar-refractivity contribution in [1.82, 2.24) is 9.78 Å². The van der Waals surface area contributed by atoms with Gasteiger partial charge in [-0.15, -0.1) is 0 Å². The summed E-state index contributed by atoms with van der Waals surface area (Å²) in [7, 11) is 0. The van der Waals surface area contributed by atoms with Crippen LogP contribution >= 0.6 is 0 Å². The summed E-state index contributed by atoms with van der Waals surface area (Å²) < 4.78 is 12.8. The summed E-state index contributed by atoms with van der Waals surface area (Å²) in [6, 6.07) is 18.3. The van der Waals surface area contributed by atoms with Crippen LogP contribution in [-0.2, 0) is 16.1 Å². The normalized spacial score (nSPS) is 12.6. The van der Waals surface area contributed by atoms with Gasteiger partial charge in [0.2, 0.25) is 0 Å². The van der Waals surface area contributed by atoms with E-state index in [-0.39, 0.29) is 6.04 Å². The molecule has 7 heteroatoms. The number of carbonyl (C=O) groups excluding carboxylic acids is 2. The van der Waals surface area contributed by atoms with E-state index in [0.29, 0.717) is 23.7 Å². The molecule has 1 aromatic heterocycles. The van der Waals surface area contributed by atoms with E-state index in [0.717, 1.165) is 12.0 Å². The van der Waals surface area contributed by atoms with Gasteiger partial charge in [-0.25, -0.2) is 9.48 Å². The number of rotatable bonds is 9. The van der Waals surface area contributed by atoms with E-state index < -0.39 is 18.0 Å². The molecule has 2 atom stereocenters. The average Bonchev–Trinajstić information content (AvgIpc) is 3.26. The highest BCUT2D eigenvalue weighted by molar-refractivity contribution is 5.96. The molecule has 2 aromatic carbocycles. The summed E-state index contributed by atoms with van der Waals surface area (Å²) in [6.45, 7) is 6.03. The first-order valence-electron chi connectivity index (χ1n) is 10.3. The van der Waals surface area contributed by atoms with Crippen molar-refractivity contribution >= 4 is 17.7 Å². The second kappa shape index (κ2) is 10.4. The lowest BCUT2D eigenvalue weighted by molar-refractivity contribution is -0.123. The third kappa shape index (κ3) is 5.94. The Balaban J connectivity index is 1.53. The van der Waals surface area contributed by atoms with Gasteiger partial charge in [0.05, 0.1) is 17.8 Å². The topological polar surface area (TPSA) is 82.5 Å². The first-order chi connectivity index (χ1) is 15.0. The molecule has 31 heavy (non-hydrogen) atoms. The quantitative estimate of drug-likeness (QED) is 0.510. The third-order valence-corrected chi connectivity index (χ3v) is 4.92. The summed E-state index contributed by atoms with van der Waals surface area (Å²) in [4.78, 5) is 24.9. The standard InChI is InChI=1S/C24H27N3O4/c1-4-17(2)27-22(14-15-25-27)26-23(28)18(3)31-24(29)20-10-12-21(13-11-20)30-16-19-8-6-5-7-9-19/h5-15,17-18H,4,16H2,1-3H3,(H,26,28)/t17-,18-/m0/s1. The van der Waals surface area contributed by atoms with Crippen LogP contribution in [-0.4, -0.2) is 27.8 Å². The van der Waals surface area contributed by atoms with Gasteiger partial charge in [-0.2, -0.15) is 5.10 Å². The van der Waals surface area contributed by atoms with Gasteiger partial charge in [0.25, 0.3) is 5.91 Å². The molecule has 0 saturated carbocycles.